The number of hydrogen-bond acceptors (Lipinski definition) is 6. The summed E-state index contributed by atoms with van der Waals surface area (Å²) >= 11 is 8.24. The summed E-state index contributed by atoms with van der Waals surface area (Å²) < 4.78 is 27.7. The predicted octanol–water partition coefficient (Wildman–Crippen LogP) is 3.48. The third kappa shape index (κ3) is 3.91. The van der Waals surface area contributed by atoms with Gasteiger partial charge in [-0.2, -0.15) is 4.31 Å². The van der Waals surface area contributed by atoms with Crippen molar-refractivity contribution in [1.29, 1.82) is 0 Å². The first kappa shape index (κ1) is 21.8. The average molecular weight is 488 g/mol. The number of primary amides is 1. The summed E-state index contributed by atoms with van der Waals surface area (Å²) in [6.45, 7) is 2.42. The molecule has 2 aromatic heterocycles. The molecule has 0 bridgehead atoms. The number of nitrogens with two attached hydrogens (primary N) is 1. The van der Waals surface area contributed by atoms with Gasteiger partial charge >= 0.3 is 0 Å². The first-order valence-electron chi connectivity index (χ1n) is 9.71. The number of fused-ring (bicyclic) bond motifs is 1. The molecule has 3 N–H and O–H groups in total. The molecule has 2 atom stereocenters. The summed E-state index contributed by atoms with van der Waals surface area (Å²) in [5, 5.41) is 3.24. The van der Waals surface area contributed by atoms with Gasteiger partial charge in [0.25, 0.3) is 15.9 Å². The normalized spacial score (nSPS) is 22.1. The van der Waals surface area contributed by atoms with Crippen LogP contribution in [0.15, 0.2) is 16.3 Å². The number of halogens is 1. The number of rotatable bonds is 5. The Bertz CT molecular complexity index is 1110. The van der Waals surface area contributed by atoms with Gasteiger partial charge in [0.05, 0.1) is 9.90 Å². The summed E-state index contributed by atoms with van der Waals surface area (Å²) in [4.78, 5) is 26.3. The molecule has 0 saturated carbocycles. The molecule has 4 rings (SSSR count). The van der Waals surface area contributed by atoms with Crippen molar-refractivity contribution in [3.05, 3.63) is 32.5 Å². The molecule has 1 saturated heterocycles. The number of sulfonamides is 1. The van der Waals surface area contributed by atoms with Crippen molar-refractivity contribution in [1.82, 2.24) is 4.31 Å². The third-order valence-electron chi connectivity index (χ3n) is 5.61. The summed E-state index contributed by atoms with van der Waals surface area (Å²) in [7, 11) is -3.82. The quantitative estimate of drug-likeness (QED) is 0.672. The summed E-state index contributed by atoms with van der Waals surface area (Å²) in [5.74, 6) is -0.497. The van der Waals surface area contributed by atoms with Crippen molar-refractivity contribution >= 4 is 61.1 Å². The van der Waals surface area contributed by atoms with Gasteiger partial charge in [-0.1, -0.05) is 18.5 Å². The van der Waals surface area contributed by atoms with Gasteiger partial charge in [-0.3, -0.25) is 9.59 Å². The van der Waals surface area contributed by atoms with E-state index in [1.807, 2.05) is 0 Å². The Hall–Kier alpha value is -1.46. The van der Waals surface area contributed by atoms with E-state index in [9.17, 15) is 18.0 Å². The molecule has 3 heterocycles. The van der Waals surface area contributed by atoms with E-state index in [1.165, 1.54) is 27.8 Å². The molecular weight excluding hydrogens is 466 g/mol. The van der Waals surface area contributed by atoms with Crippen molar-refractivity contribution in [3.63, 3.8) is 0 Å². The number of hydrogen-bond donors (Lipinski definition) is 2. The van der Waals surface area contributed by atoms with E-state index in [1.54, 1.807) is 0 Å². The minimum atomic E-state index is -3.82. The van der Waals surface area contributed by atoms with Gasteiger partial charge in [-0.05, 0) is 55.7 Å². The highest BCUT2D eigenvalue weighted by Crippen LogP contribution is 2.40. The highest BCUT2D eigenvalue weighted by molar-refractivity contribution is 7.91. The molecule has 0 unspecified atom stereocenters. The van der Waals surface area contributed by atoms with Gasteiger partial charge in [-0.25, -0.2) is 8.42 Å². The van der Waals surface area contributed by atoms with Gasteiger partial charge in [-0.15, -0.1) is 22.7 Å². The first-order chi connectivity index (χ1) is 14.2. The lowest BCUT2D eigenvalue weighted by molar-refractivity contribution is -0.119. The van der Waals surface area contributed by atoms with Crippen LogP contribution in [0.3, 0.4) is 0 Å². The van der Waals surface area contributed by atoms with Crippen LogP contribution in [-0.2, 0) is 27.7 Å². The molecule has 0 aromatic carbocycles. The fraction of sp³-hybridized carbons (Fsp3) is 0.474. The van der Waals surface area contributed by atoms with Gasteiger partial charge in [0.15, 0.2) is 0 Å². The van der Waals surface area contributed by atoms with Gasteiger partial charge in [0, 0.05) is 11.4 Å². The topological polar surface area (TPSA) is 110 Å². The SMILES string of the molecule is C[C@H]1CCc2c(sc(NC(=O)[C@@H]3CCCN3S(=O)(=O)c3ccc(Cl)s3)c2C(N)=O)C1. The van der Waals surface area contributed by atoms with Crippen molar-refractivity contribution in [2.24, 2.45) is 11.7 Å². The molecular formula is C19H22ClN3O4S3. The maximum Gasteiger partial charge on any atom is 0.253 e. The number of nitrogens with one attached hydrogen (secondary N) is 1. The number of anilines is 1. The lowest BCUT2D eigenvalue weighted by Crippen LogP contribution is -2.43. The number of nitrogens with zero attached hydrogens (tertiary/aromatic N) is 1. The summed E-state index contributed by atoms with van der Waals surface area (Å²) in [6.07, 6.45) is 3.56. The second-order valence-electron chi connectivity index (χ2n) is 7.74. The fourth-order valence-corrected chi connectivity index (χ4v) is 8.82. The molecule has 0 radical (unpaired) electrons. The lowest BCUT2D eigenvalue weighted by Gasteiger charge is -2.22. The molecule has 1 aliphatic heterocycles. The van der Waals surface area contributed by atoms with Crippen LogP contribution in [0.4, 0.5) is 5.00 Å². The Labute approximate surface area is 188 Å². The molecule has 0 spiro atoms. The van der Waals surface area contributed by atoms with Crippen LogP contribution < -0.4 is 11.1 Å². The van der Waals surface area contributed by atoms with Crippen molar-refractivity contribution in [3.8, 4) is 0 Å². The average Bonchev–Trinajstić information content (AvgIpc) is 3.38. The van der Waals surface area contributed by atoms with E-state index in [4.69, 9.17) is 17.3 Å². The second-order valence-corrected chi connectivity index (χ2v) is 12.7. The monoisotopic (exact) mass is 487 g/mol. The van der Waals surface area contributed by atoms with E-state index in [0.717, 1.165) is 41.0 Å². The van der Waals surface area contributed by atoms with Crippen LogP contribution in [0.25, 0.3) is 0 Å². The van der Waals surface area contributed by atoms with Crippen LogP contribution in [-0.4, -0.2) is 37.1 Å². The zero-order valence-corrected chi connectivity index (χ0v) is 19.5. The third-order valence-corrected chi connectivity index (χ3v) is 10.4. The number of carbonyl (C=O) groups is 2. The van der Waals surface area contributed by atoms with Gasteiger partial charge < -0.3 is 11.1 Å². The van der Waals surface area contributed by atoms with E-state index >= 15 is 0 Å². The van der Waals surface area contributed by atoms with E-state index in [0.29, 0.717) is 33.7 Å². The van der Waals surface area contributed by atoms with Crippen LogP contribution in [0.1, 0.15) is 47.0 Å². The predicted molar refractivity (Wildman–Crippen MR) is 119 cm³/mol. The van der Waals surface area contributed by atoms with Crippen LogP contribution >= 0.6 is 34.3 Å². The smallest absolute Gasteiger partial charge is 0.253 e. The largest absolute Gasteiger partial charge is 0.365 e. The molecule has 2 aromatic rings. The van der Waals surface area contributed by atoms with Crippen molar-refractivity contribution in [2.45, 2.75) is 49.3 Å². The molecule has 2 aliphatic rings. The zero-order valence-electron chi connectivity index (χ0n) is 16.3. The Morgan fingerprint density at radius 2 is 2.03 bits per heavy atom. The van der Waals surface area contributed by atoms with E-state index in [-0.39, 0.29) is 10.8 Å². The maximum atomic E-state index is 13.1. The molecule has 11 heteroatoms. The van der Waals surface area contributed by atoms with E-state index in [2.05, 4.69) is 12.2 Å². The maximum absolute atomic E-state index is 13.1. The van der Waals surface area contributed by atoms with Gasteiger partial charge in [0.2, 0.25) is 5.91 Å². The van der Waals surface area contributed by atoms with Crippen molar-refractivity contribution in [2.75, 3.05) is 11.9 Å². The van der Waals surface area contributed by atoms with Gasteiger partial charge in [0.1, 0.15) is 15.3 Å². The minimum Gasteiger partial charge on any atom is -0.365 e. The Morgan fingerprint density at radius 3 is 2.70 bits per heavy atom. The standard InChI is InChI=1S/C19H22ClN3O4S3/c1-10-4-5-11-13(9-10)28-19(16(11)17(21)24)22-18(25)12-3-2-8-23(12)30(26,27)15-7-6-14(20)29-15/h6-7,10,12H,2-5,8-9H2,1H3,(H2,21,24)(H,22,25)/t10-,12-/m0/s1. The van der Waals surface area contributed by atoms with E-state index < -0.39 is 27.9 Å². The minimum absolute atomic E-state index is 0.116. The Morgan fingerprint density at radius 1 is 1.27 bits per heavy atom. The van der Waals surface area contributed by atoms with Crippen LogP contribution in [0.5, 0.6) is 0 Å². The highest BCUT2D eigenvalue weighted by atomic mass is 35.5. The second kappa shape index (κ2) is 8.23. The Kier molecular flexibility index (Phi) is 5.97. The summed E-state index contributed by atoms with van der Waals surface area (Å²) in [6, 6.07) is 2.14. The first-order valence-corrected chi connectivity index (χ1v) is 13.2. The summed E-state index contributed by atoms with van der Waals surface area (Å²) in [5.41, 5.74) is 6.91. The molecule has 1 aliphatic carbocycles. The Balaban J connectivity index is 1.60. The number of carbonyl (C=O) groups excluding carboxylic acids is 2. The number of amides is 2. The molecule has 7 nitrogen and oxygen atoms in total. The zero-order chi connectivity index (χ0) is 21.6. The van der Waals surface area contributed by atoms with Crippen LogP contribution in [0, 0.1) is 5.92 Å². The van der Waals surface area contributed by atoms with Crippen LogP contribution in [0.2, 0.25) is 4.34 Å². The fourth-order valence-electron chi connectivity index (χ4n) is 4.14. The molecule has 1 fully saturated rings. The molecule has 2 amide bonds. The van der Waals surface area contributed by atoms with Crippen molar-refractivity contribution < 1.29 is 18.0 Å². The highest BCUT2D eigenvalue weighted by Gasteiger charge is 2.40. The molecule has 162 valence electrons. The number of thiophene rings is 2. The lowest BCUT2D eigenvalue weighted by atomic mass is 9.88. The molecule has 30 heavy (non-hydrogen) atoms.